The Morgan fingerprint density at radius 3 is 2.72 bits per heavy atom. The fraction of sp³-hybridized carbons (Fsp3) is 0.500. The van der Waals surface area contributed by atoms with Crippen LogP contribution in [0.2, 0.25) is 0 Å². The first-order valence-corrected chi connectivity index (χ1v) is 10.5. The molecule has 1 aromatic rings. The Kier molecular flexibility index (Phi) is 6.99. The molecular weight excluding hydrogens is 341 g/mol. The smallest absolute Gasteiger partial charge is 0.191 e. The number of rotatable bonds is 7. The summed E-state index contributed by atoms with van der Waals surface area (Å²) in [5, 5.41) is 6.36. The molecule has 0 bridgehead atoms. The van der Waals surface area contributed by atoms with Gasteiger partial charge in [-0.25, -0.2) is 12.8 Å². The van der Waals surface area contributed by atoms with Crippen LogP contribution in [0.25, 0.3) is 0 Å². The fourth-order valence-corrected chi connectivity index (χ4v) is 3.73. The largest absolute Gasteiger partial charge is 0.356 e. The topological polar surface area (TPSA) is 70.6 Å². The molecule has 0 unspecified atom stereocenters. The second-order valence-electron chi connectivity index (χ2n) is 6.34. The Morgan fingerprint density at radius 1 is 1.28 bits per heavy atom. The number of hydrogen-bond donors (Lipinski definition) is 2. The van der Waals surface area contributed by atoms with E-state index in [0.717, 1.165) is 13.0 Å². The zero-order valence-corrected chi connectivity index (χ0v) is 15.6. The number of sulfone groups is 1. The highest BCUT2D eigenvalue weighted by atomic mass is 32.2. The minimum absolute atomic E-state index is 0.107. The summed E-state index contributed by atoms with van der Waals surface area (Å²) in [5.74, 6) is 0.128. The van der Waals surface area contributed by atoms with Crippen LogP contribution in [0.5, 0.6) is 0 Å². The highest BCUT2D eigenvalue weighted by Crippen LogP contribution is 2.19. The molecule has 1 aliphatic rings. The van der Waals surface area contributed by atoms with Crippen molar-refractivity contribution >= 4 is 15.8 Å². The maximum absolute atomic E-state index is 13.5. The van der Waals surface area contributed by atoms with Crippen molar-refractivity contribution in [1.29, 1.82) is 0 Å². The van der Waals surface area contributed by atoms with Gasteiger partial charge in [-0.1, -0.05) is 17.7 Å². The Morgan fingerprint density at radius 2 is 2.08 bits per heavy atom. The van der Waals surface area contributed by atoms with Crippen LogP contribution in [-0.4, -0.2) is 34.2 Å². The lowest BCUT2D eigenvalue weighted by Crippen LogP contribution is -2.37. The van der Waals surface area contributed by atoms with Crippen LogP contribution in [0.1, 0.15) is 36.8 Å². The maximum atomic E-state index is 13.5. The average Bonchev–Trinajstić information content (AvgIpc) is 3.05. The third-order valence-electron chi connectivity index (χ3n) is 4.13. The molecule has 1 aliphatic carbocycles. The number of allylic oxidation sites excluding steroid dienone is 1. The molecule has 0 saturated heterocycles. The first-order valence-electron chi connectivity index (χ1n) is 8.45. The van der Waals surface area contributed by atoms with E-state index in [4.69, 9.17) is 0 Å². The van der Waals surface area contributed by atoms with E-state index < -0.39 is 9.84 Å². The highest BCUT2D eigenvalue weighted by Gasteiger charge is 2.11. The molecule has 0 aromatic heterocycles. The summed E-state index contributed by atoms with van der Waals surface area (Å²) in [4.78, 5) is 4.16. The minimum atomic E-state index is -3.18. The lowest BCUT2D eigenvalue weighted by Gasteiger charge is -2.14. The van der Waals surface area contributed by atoms with Crippen molar-refractivity contribution in [2.75, 3.05) is 19.8 Å². The van der Waals surface area contributed by atoms with Crippen LogP contribution in [0.3, 0.4) is 0 Å². The zero-order valence-electron chi connectivity index (χ0n) is 14.8. The molecule has 25 heavy (non-hydrogen) atoms. The van der Waals surface area contributed by atoms with E-state index in [0.29, 0.717) is 23.6 Å². The lowest BCUT2D eigenvalue weighted by molar-refractivity contribution is 0.599. The number of aliphatic imine (C=N–C) groups is 1. The minimum Gasteiger partial charge on any atom is -0.356 e. The number of guanidine groups is 1. The van der Waals surface area contributed by atoms with Crippen molar-refractivity contribution in [3.63, 3.8) is 0 Å². The highest BCUT2D eigenvalue weighted by molar-refractivity contribution is 7.89. The molecule has 0 fully saturated rings. The molecule has 138 valence electrons. The predicted octanol–water partition coefficient (Wildman–Crippen LogP) is 2.54. The number of benzene rings is 1. The summed E-state index contributed by atoms with van der Waals surface area (Å²) >= 11 is 0. The first kappa shape index (κ1) is 19.4. The normalized spacial score (nSPS) is 15.2. The monoisotopic (exact) mass is 367 g/mol. The van der Waals surface area contributed by atoms with Gasteiger partial charge in [-0.05, 0) is 48.9 Å². The molecule has 0 radical (unpaired) electrons. The van der Waals surface area contributed by atoms with Gasteiger partial charge in [0, 0.05) is 26.4 Å². The van der Waals surface area contributed by atoms with E-state index in [1.165, 1.54) is 49.3 Å². The van der Waals surface area contributed by atoms with Crippen molar-refractivity contribution < 1.29 is 12.8 Å². The molecular formula is C18H26FN3O2S. The van der Waals surface area contributed by atoms with Crippen molar-refractivity contribution in [1.82, 2.24) is 10.6 Å². The Labute approximate surface area is 149 Å². The molecule has 2 rings (SSSR count). The van der Waals surface area contributed by atoms with Gasteiger partial charge in [0.25, 0.3) is 0 Å². The third-order valence-corrected chi connectivity index (χ3v) is 4.96. The summed E-state index contributed by atoms with van der Waals surface area (Å²) < 4.78 is 36.6. The van der Waals surface area contributed by atoms with Crippen LogP contribution < -0.4 is 10.6 Å². The Bertz CT molecular complexity index is 758. The summed E-state index contributed by atoms with van der Waals surface area (Å²) in [6, 6.07) is 4.17. The fourth-order valence-electron chi connectivity index (χ4n) is 2.89. The van der Waals surface area contributed by atoms with E-state index in [1.807, 2.05) is 0 Å². The first-order chi connectivity index (χ1) is 11.9. The number of nitrogens with one attached hydrogen (secondary N) is 2. The summed E-state index contributed by atoms with van der Waals surface area (Å²) in [6.07, 6.45) is 8.04. The van der Waals surface area contributed by atoms with Gasteiger partial charge in [0.2, 0.25) is 0 Å². The van der Waals surface area contributed by atoms with Gasteiger partial charge in [0.05, 0.1) is 5.75 Å². The lowest BCUT2D eigenvalue weighted by atomic mass is 10.1. The molecule has 0 saturated carbocycles. The van der Waals surface area contributed by atoms with E-state index in [1.54, 1.807) is 7.05 Å². The third kappa shape index (κ3) is 6.86. The van der Waals surface area contributed by atoms with Gasteiger partial charge < -0.3 is 10.6 Å². The quantitative estimate of drug-likeness (QED) is 0.441. The molecule has 7 heteroatoms. The van der Waals surface area contributed by atoms with E-state index >= 15 is 0 Å². The van der Waals surface area contributed by atoms with Crippen LogP contribution in [-0.2, 0) is 22.1 Å². The van der Waals surface area contributed by atoms with Crippen molar-refractivity contribution in [3.05, 3.63) is 46.8 Å². The van der Waals surface area contributed by atoms with Gasteiger partial charge in [-0.15, -0.1) is 0 Å². The molecule has 5 nitrogen and oxygen atoms in total. The van der Waals surface area contributed by atoms with Crippen molar-refractivity contribution in [3.8, 4) is 0 Å². The Balaban J connectivity index is 1.92. The molecule has 0 heterocycles. The standard InChI is InChI=1S/C18H26FN3O2S/c1-20-18(21-10-9-14-5-3-4-6-14)22-12-16-11-17(19)8-7-15(16)13-25(2,23)24/h5,7-8,11H,3-4,6,9-10,12-13H2,1-2H3,(H2,20,21,22). The van der Waals surface area contributed by atoms with Crippen LogP contribution in [0.4, 0.5) is 4.39 Å². The van der Waals surface area contributed by atoms with Gasteiger partial charge in [-0.3, -0.25) is 4.99 Å². The molecule has 0 aliphatic heterocycles. The number of halogens is 1. The molecule has 1 aromatic carbocycles. The molecule has 2 N–H and O–H groups in total. The van der Waals surface area contributed by atoms with Crippen molar-refractivity contribution in [2.45, 2.75) is 38.0 Å². The van der Waals surface area contributed by atoms with E-state index in [9.17, 15) is 12.8 Å². The van der Waals surface area contributed by atoms with Crippen molar-refractivity contribution in [2.24, 2.45) is 4.99 Å². The SMILES string of the molecule is CN=C(NCCC1=CCCC1)NCc1cc(F)ccc1CS(C)(=O)=O. The molecule has 0 atom stereocenters. The predicted molar refractivity (Wildman–Crippen MR) is 99.7 cm³/mol. The van der Waals surface area contributed by atoms with Gasteiger partial charge >= 0.3 is 0 Å². The molecule has 0 amide bonds. The van der Waals surface area contributed by atoms with Crippen LogP contribution in [0, 0.1) is 5.82 Å². The summed E-state index contributed by atoms with van der Waals surface area (Å²) in [5.41, 5.74) is 2.69. The Hall–Kier alpha value is -1.89. The van der Waals surface area contributed by atoms with E-state index in [-0.39, 0.29) is 11.6 Å². The van der Waals surface area contributed by atoms with Gasteiger partial charge in [-0.2, -0.15) is 0 Å². The zero-order chi connectivity index (χ0) is 18.3. The maximum Gasteiger partial charge on any atom is 0.191 e. The van der Waals surface area contributed by atoms with E-state index in [2.05, 4.69) is 21.7 Å². The second kappa shape index (κ2) is 8.99. The summed E-state index contributed by atoms with van der Waals surface area (Å²) in [7, 11) is -1.51. The summed E-state index contributed by atoms with van der Waals surface area (Å²) in [6.45, 7) is 1.09. The average molecular weight is 367 g/mol. The van der Waals surface area contributed by atoms with Crippen LogP contribution in [0.15, 0.2) is 34.8 Å². The van der Waals surface area contributed by atoms with Gasteiger partial charge in [0.15, 0.2) is 15.8 Å². The second-order valence-corrected chi connectivity index (χ2v) is 8.48. The number of nitrogens with zero attached hydrogens (tertiary/aromatic N) is 1. The van der Waals surface area contributed by atoms with Gasteiger partial charge in [0.1, 0.15) is 5.82 Å². The molecule has 0 spiro atoms. The van der Waals surface area contributed by atoms with Crippen LogP contribution >= 0.6 is 0 Å². The number of hydrogen-bond acceptors (Lipinski definition) is 3.